The average molecular weight is 1180 g/mol. The monoisotopic (exact) mass is 1180 g/mol. The number of hydrogen-bond donors (Lipinski definition) is 2. The van der Waals surface area contributed by atoms with E-state index in [9.17, 15) is 14.4 Å². The van der Waals surface area contributed by atoms with Gasteiger partial charge < -0.3 is 28.9 Å². The van der Waals surface area contributed by atoms with Crippen LogP contribution in [0.1, 0.15) is 267 Å². The molecule has 8 rings (SSSR count). The number of H-pyrrole nitrogens is 2. The van der Waals surface area contributed by atoms with Crippen molar-refractivity contribution in [1.29, 1.82) is 0 Å². The van der Waals surface area contributed by atoms with Crippen LogP contribution < -0.4 is 15.4 Å². The van der Waals surface area contributed by atoms with Crippen LogP contribution >= 0.6 is 0 Å². The van der Waals surface area contributed by atoms with Crippen molar-refractivity contribution in [2.24, 2.45) is 9.98 Å². The molecule has 464 valence electrons. The molecule has 0 spiro atoms. The Morgan fingerprint density at radius 2 is 0.759 bits per heavy atom. The van der Waals surface area contributed by atoms with E-state index in [1.165, 1.54) is 135 Å². The molecular weight excluding hydrogens is 1080 g/mol. The van der Waals surface area contributed by atoms with E-state index in [1.54, 1.807) is 0 Å². The Balaban J connectivity index is 1.04. The fourth-order valence-electron chi connectivity index (χ4n) is 11.8. The van der Waals surface area contributed by atoms with Gasteiger partial charge in [-0.1, -0.05) is 231 Å². The Bertz CT molecular complexity index is 3230. The number of aromatic amines is 2. The van der Waals surface area contributed by atoms with Crippen molar-refractivity contribution in [3.63, 3.8) is 0 Å². The second-order valence-electron chi connectivity index (χ2n) is 23.9. The van der Waals surface area contributed by atoms with Gasteiger partial charge in [0.2, 0.25) is 6.23 Å². The number of allylic oxidation sites excluding steroid dienone is 3. The van der Waals surface area contributed by atoms with Crippen molar-refractivity contribution in [3.05, 3.63) is 177 Å². The lowest BCUT2D eigenvalue weighted by atomic mass is 9.99. The molecule has 8 bridgehead atoms. The lowest BCUT2D eigenvalue weighted by Gasteiger charge is -2.12. The Hall–Kier alpha value is -7.27. The number of carbonyl (C=O) groups is 3. The van der Waals surface area contributed by atoms with Crippen LogP contribution in [0.4, 0.5) is 0 Å². The molecule has 0 amide bonds. The molecule has 5 aromatic rings. The summed E-state index contributed by atoms with van der Waals surface area (Å²) in [5.74, 6) is -0.485. The largest absolute Gasteiger partial charge is 0.462 e. The Labute approximate surface area is 519 Å². The van der Waals surface area contributed by atoms with E-state index in [0.717, 1.165) is 108 Å². The minimum atomic E-state index is -0.635. The zero-order chi connectivity index (χ0) is 60.7. The van der Waals surface area contributed by atoms with Crippen molar-refractivity contribution in [3.8, 4) is 5.88 Å². The number of ether oxygens (including phenoxy) is 4. The predicted molar refractivity (Wildman–Crippen MR) is 355 cm³/mol. The number of esters is 3. The smallest absolute Gasteiger partial charge is 0.338 e. The van der Waals surface area contributed by atoms with Crippen molar-refractivity contribution in [2.75, 3.05) is 19.8 Å². The molecule has 1 atom stereocenters. The maximum Gasteiger partial charge on any atom is 0.338 e. The summed E-state index contributed by atoms with van der Waals surface area (Å²) in [7, 11) is 0. The van der Waals surface area contributed by atoms with Crippen LogP contribution in [-0.2, 0) is 14.2 Å². The molecule has 87 heavy (non-hydrogen) atoms. The SMILES string of the molecule is CCCCCCCCCCCCOC(=O)c1ccc(/C2=C3\C=CC(=N3)/C(c3ccc(C(=O)OCCCCCCCCCCCC)cc3)=c3/cc/c([nH]3)=C(\c3ccc(C(=O)OCCCCCCCCCCCC)cc3)C3=NC(C=C3)Oc3ccc2[nH]3)cc1. The number of nitrogens with zero attached hydrogens (tertiary/aromatic N) is 2. The van der Waals surface area contributed by atoms with E-state index >= 15 is 0 Å². The van der Waals surface area contributed by atoms with Gasteiger partial charge in [0.1, 0.15) is 0 Å². The summed E-state index contributed by atoms with van der Waals surface area (Å²) in [5.41, 5.74) is 9.34. The number of hydrogen-bond acceptors (Lipinski definition) is 9. The van der Waals surface area contributed by atoms with Crippen molar-refractivity contribution >= 4 is 46.1 Å². The van der Waals surface area contributed by atoms with Crippen molar-refractivity contribution in [2.45, 2.75) is 220 Å². The molecule has 11 nitrogen and oxygen atoms in total. The molecule has 0 saturated heterocycles. The second-order valence-corrected chi connectivity index (χ2v) is 23.9. The summed E-state index contributed by atoms with van der Waals surface area (Å²) in [5, 5.41) is 1.59. The third-order valence-corrected chi connectivity index (χ3v) is 16.9. The third kappa shape index (κ3) is 20.7. The first-order valence-corrected chi connectivity index (χ1v) is 33.7. The summed E-state index contributed by atoms with van der Waals surface area (Å²) in [6.07, 6.45) is 43.7. The highest BCUT2D eigenvalue weighted by molar-refractivity contribution is 6.31. The number of nitrogens with one attached hydrogen (secondary N) is 2. The van der Waals surface area contributed by atoms with Gasteiger partial charge in [-0.2, -0.15) is 0 Å². The zero-order valence-electron chi connectivity index (χ0n) is 52.7. The fraction of sp³-hybridized carbons (Fsp3) is 0.487. The lowest BCUT2D eigenvalue weighted by Crippen LogP contribution is -2.21. The minimum Gasteiger partial charge on any atom is -0.462 e. The number of fused-ring (bicyclic) bond motifs is 6. The molecule has 3 aliphatic heterocycles. The Morgan fingerprint density at radius 3 is 1.16 bits per heavy atom. The van der Waals surface area contributed by atoms with Crippen LogP contribution in [0, 0.1) is 0 Å². The number of rotatable bonds is 39. The molecule has 0 saturated carbocycles. The van der Waals surface area contributed by atoms with E-state index in [0.29, 0.717) is 59.5 Å². The van der Waals surface area contributed by atoms with Gasteiger partial charge in [-0.3, -0.25) is 0 Å². The van der Waals surface area contributed by atoms with Crippen LogP contribution in [-0.4, -0.2) is 65.3 Å². The number of aromatic nitrogens is 2. The van der Waals surface area contributed by atoms with Crippen LogP contribution in [0.15, 0.2) is 137 Å². The van der Waals surface area contributed by atoms with E-state index in [2.05, 4.69) is 30.7 Å². The van der Waals surface area contributed by atoms with Gasteiger partial charge in [0.05, 0.1) is 59.3 Å². The summed E-state index contributed by atoms with van der Waals surface area (Å²) in [6.45, 7) is 7.96. The van der Waals surface area contributed by atoms with Gasteiger partial charge in [0.25, 0.3) is 0 Å². The summed E-state index contributed by atoms with van der Waals surface area (Å²) in [4.78, 5) is 57.9. The molecule has 2 N–H and O–H groups in total. The topological polar surface area (TPSA) is 144 Å². The van der Waals surface area contributed by atoms with Gasteiger partial charge in [-0.05, 0) is 115 Å². The molecule has 0 radical (unpaired) electrons. The highest BCUT2D eigenvalue weighted by Gasteiger charge is 2.24. The minimum absolute atomic E-state index is 0.333. The number of unbranched alkanes of at least 4 members (excludes halogenated alkanes) is 27. The summed E-state index contributed by atoms with van der Waals surface area (Å²) < 4.78 is 23.8. The van der Waals surface area contributed by atoms with Crippen LogP contribution in [0.5, 0.6) is 5.88 Å². The molecule has 11 heteroatoms. The highest BCUT2D eigenvalue weighted by atomic mass is 16.5. The van der Waals surface area contributed by atoms with Crippen LogP contribution in [0.3, 0.4) is 0 Å². The Morgan fingerprint density at radius 1 is 0.391 bits per heavy atom. The third-order valence-electron chi connectivity index (χ3n) is 16.9. The van der Waals surface area contributed by atoms with E-state index in [1.807, 2.05) is 121 Å². The molecule has 5 heterocycles. The maximum atomic E-state index is 13.5. The van der Waals surface area contributed by atoms with E-state index in [4.69, 9.17) is 28.9 Å². The molecule has 2 aromatic heterocycles. The molecule has 0 aliphatic carbocycles. The summed E-state index contributed by atoms with van der Waals surface area (Å²) in [6, 6.07) is 30.6. The normalized spacial score (nSPS) is 16.4. The molecular formula is C76H98N4O7. The number of benzene rings is 3. The second kappa shape index (κ2) is 36.8. The van der Waals surface area contributed by atoms with Crippen LogP contribution in [0.2, 0.25) is 0 Å². The van der Waals surface area contributed by atoms with E-state index in [-0.39, 0.29) is 17.9 Å². The first kappa shape index (κ1) is 65.7. The number of carbonyl (C=O) groups excluding carboxylic acids is 3. The maximum absolute atomic E-state index is 13.5. The fourth-order valence-corrected chi connectivity index (χ4v) is 11.8. The standard InChI is InChI=1S/C76H98N4O7/c1-4-7-10-13-16-19-22-25-28-31-54-84-74(81)60-40-34-57(35-41-60)71-63-46-48-65(77-63)72(58-36-42-61(43-37-58)75(82)85-55-32-29-26-23-20-17-14-11-8-5-2)67-50-52-69(79-67)87-70-53-51-68(80-70)73(66-49-47-64(71)78-66)59-38-44-62(45-39-59)76(83)86-56-33-30-27-24-21-18-15-12-9-6-3/h34-53,69,77,80H,4-33,54-56H2,1-3H3/b71-63-,72-65-,73-66-. The molecule has 0 fully saturated rings. The Kier molecular flexibility index (Phi) is 27.8. The van der Waals surface area contributed by atoms with Gasteiger partial charge in [0.15, 0.2) is 5.88 Å². The van der Waals surface area contributed by atoms with E-state index < -0.39 is 6.23 Å². The molecule has 3 aliphatic rings. The van der Waals surface area contributed by atoms with Gasteiger partial charge in [-0.15, -0.1) is 0 Å². The first-order chi connectivity index (χ1) is 42.8. The van der Waals surface area contributed by atoms with Gasteiger partial charge >= 0.3 is 17.9 Å². The lowest BCUT2D eigenvalue weighted by molar-refractivity contribution is 0.0488. The molecule has 3 aromatic carbocycles. The quantitative estimate of drug-likeness (QED) is 0.0226. The molecule has 1 unspecified atom stereocenters. The average Bonchev–Trinajstić information content (AvgIpc) is 3.17. The van der Waals surface area contributed by atoms with Crippen molar-refractivity contribution < 1.29 is 33.3 Å². The predicted octanol–water partition coefficient (Wildman–Crippen LogP) is 18.2. The first-order valence-electron chi connectivity index (χ1n) is 33.7. The highest BCUT2D eigenvalue weighted by Crippen LogP contribution is 2.34. The number of aliphatic imine (C=N–C) groups is 2. The van der Waals surface area contributed by atoms with Gasteiger partial charge in [-0.25, -0.2) is 24.4 Å². The van der Waals surface area contributed by atoms with Crippen molar-refractivity contribution in [1.82, 2.24) is 9.97 Å². The zero-order valence-corrected chi connectivity index (χ0v) is 52.7. The summed E-state index contributed by atoms with van der Waals surface area (Å²) >= 11 is 0. The van der Waals surface area contributed by atoms with Gasteiger partial charge in [0, 0.05) is 33.5 Å². The van der Waals surface area contributed by atoms with Crippen LogP contribution in [0.25, 0.3) is 16.7 Å².